The Hall–Kier alpha value is -1.47. The van der Waals surface area contributed by atoms with Crippen LogP contribution in [0.3, 0.4) is 0 Å². The average molecular weight is 267 g/mol. The van der Waals surface area contributed by atoms with Gasteiger partial charge in [0.15, 0.2) is 0 Å². The molecule has 7 heteroatoms. The van der Waals surface area contributed by atoms with Gasteiger partial charge in [0.25, 0.3) is 0 Å². The van der Waals surface area contributed by atoms with Crippen molar-refractivity contribution in [2.75, 3.05) is 26.3 Å². The van der Waals surface area contributed by atoms with Gasteiger partial charge in [0.2, 0.25) is 5.91 Å². The number of nitrogens with zero attached hydrogens (tertiary/aromatic N) is 3. The van der Waals surface area contributed by atoms with E-state index in [0.717, 1.165) is 24.8 Å². The molecule has 0 spiro atoms. The van der Waals surface area contributed by atoms with E-state index < -0.39 is 0 Å². The summed E-state index contributed by atoms with van der Waals surface area (Å²) in [6, 6.07) is 0.129. The normalized spacial score (nSPS) is 19.4. The van der Waals surface area contributed by atoms with Crippen molar-refractivity contribution in [1.29, 1.82) is 0 Å². The second-order valence-electron chi connectivity index (χ2n) is 4.71. The van der Waals surface area contributed by atoms with E-state index >= 15 is 0 Å². The number of amides is 1. The highest BCUT2D eigenvalue weighted by Gasteiger charge is 2.16. The van der Waals surface area contributed by atoms with E-state index in [1.807, 2.05) is 13.8 Å². The molecule has 1 aliphatic rings. The standard InChI is InChI=1S/C12H21N5O2/c1-9-15-10(2)17(16-9)5-3-14-12(18)7-11-8-19-6-4-13-11/h11,13H,3-8H2,1-2H3,(H,14,18)/t11-/m1/s1. The molecule has 1 fully saturated rings. The lowest BCUT2D eigenvalue weighted by Gasteiger charge is -2.23. The molecule has 0 saturated carbocycles. The third-order valence-electron chi connectivity index (χ3n) is 3.04. The van der Waals surface area contributed by atoms with Crippen molar-refractivity contribution in [2.24, 2.45) is 0 Å². The minimum absolute atomic E-state index is 0.0393. The van der Waals surface area contributed by atoms with Crippen LogP contribution in [0.2, 0.25) is 0 Å². The summed E-state index contributed by atoms with van der Waals surface area (Å²) in [7, 11) is 0. The summed E-state index contributed by atoms with van der Waals surface area (Å²) >= 11 is 0. The van der Waals surface area contributed by atoms with Crippen molar-refractivity contribution < 1.29 is 9.53 Å². The second kappa shape index (κ2) is 6.63. The molecule has 2 N–H and O–H groups in total. The molecule has 106 valence electrons. The molecule has 2 heterocycles. The van der Waals surface area contributed by atoms with Gasteiger partial charge in [-0.1, -0.05) is 0 Å². The van der Waals surface area contributed by atoms with Crippen molar-refractivity contribution >= 4 is 5.91 Å². The third kappa shape index (κ3) is 4.29. The van der Waals surface area contributed by atoms with E-state index in [1.54, 1.807) is 4.68 Å². The van der Waals surface area contributed by atoms with Gasteiger partial charge >= 0.3 is 0 Å². The van der Waals surface area contributed by atoms with Crippen molar-refractivity contribution in [3.63, 3.8) is 0 Å². The van der Waals surface area contributed by atoms with Crippen LogP contribution in [0.15, 0.2) is 0 Å². The molecule has 0 unspecified atom stereocenters. The van der Waals surface area contributed by atoms with Crippen LogP contribution < -0.4 is 10.6 Å². The molecular formula is C12H21N5O2. The van der Waals surface area contributed by atoms with Gasteiger partial charge < -0.3 is 15.4 Å². The topological polar surface area (TPSA) is 81.1 Å². The van der Waals surface area contributed by atoms with Gasteiger partial charge in [0.05, 0.1) is 19.8 Å². The fourth-order valence-electron chi connectivity index (χ4n) is 2.12. The van der Waals surface area contributed by atoms with Crippen molar-refractivity contribution in [3.8, 4) is 0 Å². The molecule has 1 aliphatic heterocycles. The molecular weight excluding hydrogens is 246 g/mol. The van der Waals surface area contributed by atoms with Crippen LogP contribution in [0.5, 0.6) is 0 Å². The Kier molecular flexibility index (Phi) is 4.86. The first-order valence-electron chi connectivity index (χ1n) is 6.61. The maximum Gasteiger partial charge on any atom is 0.221 e. The van der Waals surface area contributed by atoms with E-state index in [2.05, 4.69) is 20.7 Å². The van der Waals surface area contributed by atoms with Crippen LogP contribution >= 0.6 is 0 Å². The van der Waals surface area contributed by atoms with Crippen LogP contribution in [-0.2, 0) is 16.1 Å². The monoisotopic (exact) mass is 267 g/mol. The average Bonchev–Trinajstić information content (AvgIpc) is 2.69. The Morgan fingerprint density at radius 1 is 1.58 bits per heavy atom. The number of ether oxygens (including phenoxy) is 1. The van der Waals surface area contributed by atoms with Gasteiger partial charge in [-0.3, -0.25) is 4.79 Å². The summed E-state index contributed by atoms with van der Waals surface area (Å²) in [6.45, 7) is 7.12. The van der Waals surface area contributed by atoms with Crippen LogP contribution in [0.1, 0.15) is 18.1 Å². The van der Waals surface area contributed by atoms with E-state index in [0.29, 0.717) is 26.1 Å². The Balaban J connectivity index is 1.67. The molecule has 2 rings (SSSR count). The largest absolute Gasteiger partial charge is 0.378 e. The highest BCUT2D eigenvalue weighted by molar-refractivity contribution is 5.76. The smallest absolute Gasteiger partial charge is 0.221 e. The molecule has 19 heavy (non-hydrogen) atoms. The minimum Gasteiger partial charge on any atom is -0.378 e. The fraction of sp³-hybridized carbons (Fsp3) is 0.750. The Bertz CT molecular complexity index is 426. The van der Waals surface area contributed by atoms with Gasteiger partial charge in [0.1, 0.15) is 11.6 Å². The zero-order valence-electron chi connectivity index (χ0n) is 11.5. The summed E-state index contributed by atoms with van der Waals surface area (Å²) < 4.78 is 7.11. The lowest BCUT2D eigenvalue weighted by molar-refractivity contribution is -0.122. The molecule has 1 aromatic rings. The van der Waals surface area contributed by atoms with Gasteiger partial charge in [-0.2, -0.15) is 5.10 Å². The van der Waals surface area contributed by atoms with Crippen LogP contribution in [0.25, 0.3) is 0 Å². The maximum absolute atomic E-state index is 11.7. The van der Waals surface area contributed by atoms with E-state index in [-0.39, 0.29) is 11.9 Å². The first kappa shape index (κ1) is 14.0. The summed E-state index contributed by atoms with van der Waals surface area (Å²) in [6.07, 6.45) is 0.454. The summed E-state index contributed by atoms with van der Waals surface area (Å²) in [5.41, 5.74) is 0. The number of morpholine rings is 1. The summed E-state index contributed by atoms with van der Waals surface area (Å²) in [5, 5.41) is 10.4. The number of aromatic nitrogens is 3. The number of aryl methyl sites for hydroxylation is 2. The predicted octanol–water partition coefficient (Wildman–Crippen LogP) is -0.610. The molecule has 0 bridgehead atoms. The first-order chi connectivity index (χ1) is 9.15. The van der Waals surface area contributed by atoms with E-state index in [9.17, 15) is 4.79 Å². The molecule has 1 amide bonds. The van der Waals surface area contributed by atoms with Gasteiger partial charge in [-0.25, -0.2) is 9.67 Å². The Labute approximate surface area is 112 Å². The lowest BCUT2D eigenvalue weighted by Crippen LogP contribution is -2.44. The predicted molar refractivity (Wildman–Crippen MR) is 69.7 cm³/mol. The quantitative estimate of drug-likeness (QED) is 0.744. The van der Waals surface area contributed by atoms with Crippen LogP contribution in [-0.4, -0.2) is 53.0 Å². The van der Waals surface area contributed by atoms with Gasteiger partial charge in [-0.05, 0) is 13.8 Å². The zero-order valence-corrected chi connectivity index (χ0v) is 11.5. The third-order valence-corrected chi connectivity index (χ3v) is 3.04. The molecule has 7 nitrogen and oxygen atoms in total. The Morgan fingerprint density at radius 2 is 2.42 bits per heavy atom. The number of carbonyl (C=O) groups is 1. The summed E-state index contributed by atoms with van der Waals surface area (Å²) in [4.78, 5) is 16.0. The van der Waals surface area contributed by atoms with Crippen molar-refractivity contribution in [3.05, 3.63) is 11.6 Å². The molecule has 0 aromatic carbocycles. The number of hydrogen-bond acceptors (Lipinski definition) is 5. The number of hydrogen-bond donors (Lipinski definition) is 2. The molecule has 1 atom stereocenters. The number of carbonyl (C=O) groups excluding carboxylic acids is 1. The van der Waals surface area contributed by atoms with Gasteiger partial charge in [0, 0.05) is 25.6 Å². The Morgan fingerprint density at radius 3 is 3.05 bits per heavy atom. The lowest BCUT2D eigenvalue weighted by atomic mass is 10.2. The molecule has 1 saturated heterocycles. The van der Waals surface area contributed by atoms with Crippen LogP contribution in [0, 0.1) is 13.8 Å². The van der Waals surface area contributed by atoms with E-state index in [4.69, 9.17) is 4.74 Å². The number of rotatable bonds is 5. The first-order valence-corrected chi connectivity index (χ1v) is 6.61. The SMILES string of the molecule is Cc1nc(C)n(CCNC(=O)C[C@@H]2COCCN2)n1. The number of nitrogens with one attached hydrogen (secondary N) is 2. The van der Waals surface area contributed by atoms with Crippen LogP contribution in [0.4, 0.5) is 0 Å². The highest BCUT2D eigenvalue weighted by atomic mass is 16.5. The molecule has 1 aromatic heterocycles. The molecule has 0 radical (unpaired) electrons. The zero-order chi connectivity index (χ0) is 13.7. The molecule has 0 aliphatic carbocycles. The summed E-state index contributed by atoms with van der Waals surface area (Å²) in [5.74, 6) is 1.67. The van der Waals surface area contributed by atoms with Crippen molar-refractivity contribution in [1.82, 2.24) is 25.4 Å². The van der Waals surface area contributed by atoms with E-state index in [1.165, 1.54) is 0 Å². The van der Waals surface area contributed by atoms with Gasteiger partial charge in [-0.15, -0.1) is 0 Å². The highest BCUT2D eigenvalue weighted by Crippen LogP contribution is 1.98. The van der Waals surface area contributed by atoms with Crippen molar-refractivity contribution in [2.45, 2.75) is 32.9 Å². The minimum atomic E-state index is 0.0393. The second-order valence-corrected chi connectivity index (χ2v) is 4.71. The fourth-order valence-corrected chi connectivity index (χ4v) is 2.12. The maximum atomic E-state index is 11.7.